The van der Waals surface area contributed by atoms with Gasteiger partial charge in [-0.25, -0.2) is 5.43 Å². The number of amides is 2. The highest BCUT2D eigenvalue weighted by molar-refractivity contribution is 14.1. The number of hydrazone groups is 1. The number of nitrogens with one attached hydrogen (secondary N) is 2. The summed E-state index contributed by atoms with van der Waals surface area (Å²) in [4.78, 5) is 24.5. The fourth-order valence-electron chi connectivity index (χ4n) is 1.80. The van der Waals surface area contributed by atoms with E-state index in [1.54, 1.807) is 6.21 Å². The Hall–Kier alpha value is -1.74. The first-order valence-corrected chi connectivity index (χ1v) is 8.92. The highest BCUT2D eigenvalue weighted by atomic mass is 127. The maximum absolute atomic E-state index is 11.9. The number of carbonyl (C=O) groups excluding carboxylic acids is 2. The molecule has 1 aromatic heterocycles. The second-order valence-corrected chi connectivity index (χ2v) is 7.04. The summed E-state index contributed by atoms with van der Waals surface area (Å²) in [6.07, 6.45) is 1.79. The van der Waals surface area contributed by atoms with Crippen LogP contribution in [0.15, 0.2) is 40.8 Å². The van der Waals surface area contributed by atoms with E-state index in [1.165, 1.54) is 11.3 Å². The van der Waals surface area contributed by atoms with Gasteiger partial charge in [-0.3, -0.25) is 9.59 Å². The largest absolute Gasteiger partial charge is 0.326 e. The number of thiophene rings is 1. The molecule has 0 bridgehead atoms. The van der Waals surface area contributed by atoms with E-state index < -0.39 is 0 Å². The van der Waals surface area contributed by atoms with Gasteiger partial charge in [-0.15, -0.1) is 11.3 Å². The van der Waals surface area contributed by atoms with Crippen molar-refractivity contribution in [3.8, 4) is 0 Å². The van der Waals surface area contributed by atoms with Gasteiger partial charge in [0.2, 0.25) is 11.8 Å². The predicted octanol–water partition coefficient (Wildman–Crippen LogP) is 3.53. The van der Waals surface area contributed by atoms with E-state index in [2.05, 4.69) is 38.4 Å². The molecule has 0 unspecified atom stereocenters. The zero-order valence-electron chi connectivity index (χ0n) is 12.5. The number of hydrogen-bond acceptors (Lipinski definition) is 4. The summed E-state index contributed by atoms with van der Waals surface area (Å²) < 4.78 is 1.11. The fraction of sp³-hybridized carbons (Fsp3) is 0.188. The van der Waals surface area contributed by atoms with Gasteiger partial charge in [0.05, 0.1) is 6.21 Å². The third-order valence-electron chi connectivity index (χ3n) is 2.97. The molecule has 0 aliphatic carbocycles. The minimum Gasteiger partial charge on any atom is -0.326 e. The highest BCUT2D eigenvalue weighted by Gasteiger charge is 2.08. The first kappa shape index (κ1) is 17.6. The van der Waals surface area contributed by atoms with Gasteiger partial charge in [-0.2, -0.15) is 5.10 Å². The standard InChI is InChI=1S/C16H16IN3O2S/c1-11-9-12(17)4-5-14(11)19-15(21)6-7-16(22)20-18-10-13-3-2-8-23-13/h2-5,8-10H,6-7H2,1H3,(H,19,21)(H,20,22). The van der Waals surface area contributed by atoms with Gasteiger partial charge in [-0.05, 0) is 64.7 Å². The Morgan fingerprint density at radius 3 is 2.74 bits per heavy atom. The van der Waals surface area contributed by atoms with Crippen LogP contribution in [0.1, 0.15) is 23.3 Å². The molecular weight excluding hydrogens is 425 g/mol. The second-order valence-electron chi connectivity index (χ2n) is 4.82. The summed E-state index contributed by atoms with van der Waals surface area (Å²) in [6, 6.07) is 9.58. The highest BCUT2D eigenvalue weighted by Crippen LogP contribution is 2.17. The minimum absolute atomic E-state index is 0.0943. The normalized spacial score (nSPS) is 10.7. The molecule has 7 heteroatoms. The molecular formula is C16H16IN3O2S. The zero-order valence-corrected chi connectivity index (χ0v) is 15.5. The maximum atomic E-state index is 11.9. The summed E-state index contributed by atoms with van der Waals surface area (Å²) in [5.41, 5.74) is 4.18. The number of aryl methyl sites for hydroxylation is 1. The summed E-state index contributed by atoms with van der Waals surface area (Å²) in [5.74, 6) is -0.473. The zero-order chi connectivity index (χ0) is 16.7. The molecule has 1 heterocycles. The fourth-order valence-corrected chi connectivity index (χ4v) is 3.03. The molecule has 2 amide bonds. The van der Waals surface area contributed by atoms with Gasteiger partial charge in [0.1, 0.15) is 0 Å². The number of halogens is 1. The Labute approximate surface area is 152 Å². The van der Waals surface area contributed by atoms with Crippen LogP contribution in [0.25, 0.3) is 0 Å². The summed E-state index contributed by atoms with van der Waals surface area (Å²) in [6.45, 7) is 1.93. The van der Waals surface area contributed by atoms with E-state index in [1.807, 2.05) is 42.6 Å². The lowest BCUT2D eigenvalue weighted by molar-refractivity contribution is -0.124. The number of rotatable bonds is 6. The van der Waals surface area contributed by atoms with Crippen LogP contribution in [0.3, 0.4) is 0 Å². The quantitative estimate of drug-likeness (QED) is 0.409. The van der Waals surface area contributed by atoms with Gasteiger partial charge in [0.15, 0.2) is 0 Å². The van der Waals surface area contributed by atoms with Gasteiger partial charge in [0, 0.05) is 27.0 Å². The number of hydrogen-bond donors (Lipinski definition) is 2. The van der Waals surface area contributed by atoms with Crippen LogP contribution >= 0.6 is 33.9 Å². The molecule has 0 saturated heterocycles. The lowest BCUT2D eigenvalue weighted by Gasteiger charge is -2.08. The molecule has 0 saturated carbocycles. The summed E-state index contributed by atoms with van der Waals surface area (Å²) in [7, 11) is 0. The molecule has 120 valence electrons. The second kappa shape index (κ2) is 8.78. The van der Waals surface area contributed by atoms with Crippen molar-refractivity contribution in [3.05, 3.63) is 49.7 Å². The molecule has 0 radical (unpaired) electrons. The Bertz CT molecular complexity index is 714. The molecule has 2 aromatic rings. The molecule has 5 nitrogen and oxygen atoms in total. The van der Waals surface area contributed by atoms with Crippen LogP contribution in [0.2, 0.25) is 0 Å². The van der Waals surface area contributed by atoms with E-state index in [0.717, 1.165) is 19.7 Å². The summed E-state index contributed by atoms with van der Waals surface area (Å²) >= 11 is 3.75. The van der Waals surface area contributed by atoms with Gasteiger partial charge in [0.25, 0.3) is 0 Å². The summed E-state index contributed by atoms with van der Waals surface area (Å²) in [5, 5.41) is 8.60. The SMILES string of the molecule is Cc1cc(I)ccc1NC(=O)CCC(=O)NN=Cc1cccs1. The molecule has 0 aliphatic heterocycles. The smallest absolute Gasteiger partial charge is 0.240 e. The van der Waals surface area contributed by atoms with E-state index in [9.17, 15) is 9.59 Å². The van der Waals surface area contributed by atoms with Crippen molar-refractivity contribution < 1.29 is 9.59 Å². The molecule has 0 spiro atoms. The van der Waals surface area contributed by atoms with Crippen molar-refractivity contribution >= 4 is 57.6 Å². The minimum atomic E-state index is -0.285. The number of benzene rings is 1. The van der Waals surface area contributed by atoms with Crippen LogP contribution in [-0.4, -0.2) is 18.0 Å². The van der Waals surface area contributed by atoms with Crippen LogP contribution in [0.5, 0.6) is 0 Å². The average molecular weight is 441 g/mol. The molecule has 1 aromatic carbocycles. The topological polar surface area (TPSA) is 70.6 Å². The third kappa shape index (κ3) is 6.11. The van der Waals surface area contributed by atoms with E-state index in [4.69, 9.17) is 0 Å². The van der Waals surface area contributed by atoms with Crippen LogP contribution in [-0.2, 0) is 9.59 Å². The first-order valence-electron chi connectivity index (χ1n) is 6.96. The van der Waals surface area contributed by atoms with Crippen molar-refractivity contribution in [2.24, 2.45) is 5.10 Å². The number of carbonyl (C=O) groups is 2. The monoisotopic (exact) mass is 441 g/mol. The van der Waals surface area contributed by atoms with Crippen molar-refractivity contribution in [3.63, 3.8) is 0 Å². The lowest BCUT2D eigenvalue weighted by atomic mass is 10.2. The lowest BCUT2D eigenvalue weighted by Crippen LogP contribution is -2.20. The predicted molar refractivity (Wildman–Crippen MR) is 102 cm³/mol. The van der Waals surface area contributed by atoms with Gasteiger partial charge in [-0.1, -0.05) is 6.07 Å². The molecule has 2 N–H and O–H groups in total. The van der Waals surface area contributed by atoms with Crippen molar-refractivity contribution in [1.29, 1.82) is 0 Å². The third-order valence-corrected chi connectivity index (χ3v) is 4.44. The van der Waals surface area contributed by atoms with Crippen LogP contribution < -0.4 is 10.7 Å². The molecule has 23 heavy (non-hydrogen) atoms. The van der Waals surface area contributed by atoms with E-state index in [-0.39, 0.29) is 24.7 Å². The van der Waals surface area contributed by atoms with E-state index >= 15 is 0 Å². The Balaban J connectivity index is 1.74. The average Bonchev–Trinajstić information content (AvgIpc) is 3.01. The van der Waals surface area contributed by atoms with Gasteiger partial charge >= 0.3 is 0 Å². The molecule has 2 rings (SSSR count). The Morgan fingerprint density at radius 2 is 2.04 bits per heavy atom. The Kier molecular flexibility index (Phi) is 6.72. The van der Waals surface area contributed by atoms with Crippen molar-refractivity contribution in [2.75, 3.05) is 5.32 Å². The van der Waals surface area contributed by atoms with Crippen molar-refractivity contribution in [1.82, 2.24) is 5.43 Å². The Morgan fingerprint density at radius 1 is 1.26 bits per heavy atom. The molecule has 0 fully saturated rings. The van der Waals surface area contributed by atoms with Crippen molar-refractivity contribution in [2.45, 2.75) is 19.8 Å². The number of nitrogens with zero attached hydrogens (tertiary/aromatic N) is 1. The number of anilines is 1. The van der Waals surface area contributed by atoms with Gasteiger partial charge < -0.3 is 5.32 Å². The maximum Gasteiger partial charge on any atom is 0.240 e. The van der Waals surface area contributed by atoms with Crippen LogP contribution in [0, 0.1) is 10.5 Å². The molecule has 0 aliphatic rings. The van der Waals surface area contributed by atoms with E-state index in [0.29, 0.717) is 0 Å². The first-order chi connectivity index (χ1) is 11.0. The van der Waals surface area contributed by atoms with Crippen LogP contribution in [0.4, 0.5) is 5.69 Å². The molecule has 0 atom stereocenters.